The van der Waals surface area contributed by atoms with Gasteiger partial charge in [-0.3, -0.25) is 0 Å². The molecule has 1 aliphatic heterocycles. The van der Waals surface area contributed by atoms with Crippen molar-refractivity contribution >= 4 is 0 Å². The number of hydrogen-bond donors (Lipinski definition) is 1. The zero-order chi connectivity index (χ0) is 11.1. The van der Waals surface area contributed by atoms with Crippen molar-refractivity contribution in [3.8, 4) is 0 Å². The Kier molecular flexibility index (Phi) is 6.22. The average molecular weight is 213 g/mol. The van der Waals surface area contributed by atoms with Gasteiger partial charge in [-0.25, -0.2) is 0 Å². The van der Waals surface area contributed by atoms with E-state index in [9.17, 15) is 0 Å². The lowest BCUT2D eigenvalue weighted by Gasteiger charge is -2.26. The van der Waals surface area contributed by atoms with E-state index in [1.165, 1.54) is 45.3 Å². The third-order valence-electron chi connectivity index (χ3n) is 3.44. The molecule has 0 spiro atoms. The Morgan fingerprint density at radius 1 is 1.33 bits per heavy atom. The van der Waals surface area contributed by atoms with E-state index < -0.39 is 0 Å². The van der Waals surface area contributed by atoms with Gasteiger partial charge in [0.2, 0.25) is 0 Å². The third-order valence-corrected chi connectivity index (χ3v) is 3.44. The molecule has 1 fully saturated rings. The van der Waals surface area contributed by atoms with Crippen LogP contribution in [0.5, 0.6) is 0 Å². The Bertz CT molecular complexity index is 161. The van der Waals surface area contributed by atoms with Gasteiger partial charge in [0.25, 0.3) is 0 Å². The first-order valence-electron chi connectivity index (χ1n) is 6.40. The monoisotopic (exact) mass is 213 g/mol. The van der Waals surface area contributed by atoms with Crippen LogP contribution in [0.3, 0.4) is 0 Å². The first kappa shape index (κ1) is 12.9. The van der Waals surface area contributed by atoms with Gasteiger partial charge < -0.3 is 15.5 Å². The topological polar surface area (TPSA) is 32.5 Å². The van der Waals surface area contributed by atoms with E-state index in [2.05, 4.69) is 23.8 Å². The predicted octanol–water partition coefficient (Wildman–Crippen LogP) is 1.14. The fourth-order valence-corrected chi connectivity index (χ4v) is 2.51. The molecular weight excluding hydrogens is 186 g/mol. The third kappa shape index (κ3) is 4.49. The molecule has 0 aromatic rings. The molecule has 3 heteroatoms. The van der Waals surface area contributed by atoms with Crippen LogP contribution in [0.25, 0.3) is 0 Å². The van der Waals surface area contributed by atoms with Crippen LogP contribution in [-0.4, -0.2) is 55.6 Å². The van der Waals surface area contributed by atoms with E-state index in [1.54, 1.807) is 0 Å². The summed E-state index contributed by atoms with van der Waals surface area (Å²) in [5.74, 6) is 0. The van der Waals surface area contributed by atoms with Crippen molar-refractivity contribution in [3.63, 3.8) is 0 Å². The second-order valence-electron chi connectivity index (χ2n) is 4.70. The van der Waals surface area contributed by atoms with Crippen LogP contribution >= 0.6 is 0 Å². The van der Waals surface area contributed by atoms with Gasteiger partial charge in [-0.2, -0.15) is 0 Å². The van der Waals surface area contributed by atoms with E-state index in [4.69, 9.17) is 5.73 Å². The van der Waals surface area contributed by atoms with Crippen molar-refractivity contribution in [3.05, 3.63) is 0 Å². The summed E-state index contributed by atoms with van der Waals surface area (Å²) in [6, 6.07) is 0.760. The Morgan fingerprint density at radius 2 is 2.13 bits per heavy atom. The Labute approximate surface area is 94.6 Å². The second-order valence-corrected chi connectivity index (χ2v) is 4.70. The van der Waals surface area contributed by atoms with Crippen molar-refractivity contribution in [2.45, 2.75) is 38.6 Å². The maximum Gasteiger partial charge on any atom is 0.0105 e. The lowest BCUT2D eigenvalue weighted by molar-refractivity contribution is 0.219. The molecule has 0 aliphatic carbocycles. The number of nitrogens with two attached hydrogens (primary N) is 1. The highest BCUT2D eigenvalue weighted by Gasteiger charge is 2.19. The fourth-order valence-electron chi connectivity index (χ4n) is 2.51. The molecule has 15 heavy (non-hydrogen) atoms. The molecule has 0 aromatic heterocycles. The largest absolute Gasteiger partial charge is 0.329 e. The maximum absolute atomic E-state index is 5.60. The standard InChI is InChI=1S/C12H27N3/c1-3-8-15-9-4-5-12(6-10-15)14(2)11-7-13/h12H,3-11,13H2,1-2H3. The van der Waals surface area contributed by atoms with E-state index in [-0.39, 0.29) is 0 Å². The molecule has 1 heterocycles. The summed E-state index contributed by atoms with van der Waals surface area (Å²) < 4.78 is 0. The summed E-state index contributed by atoms with van der Waals surface area (Å²) in [5.41, 5.74) is 5.60. The SMILES string of the molecule is CCCN1CCCC(N(C)CCN)CC1. The molecule has 0 amide bonds. The Hall–Kier alpha value is -0.120. The summed E-state index contributed by atoms with van der Waals surface area (Å²) in [5, 5.41) is 0. The molecule has 2 N–H and O–H groups in total. The van der Waals surface area contributed by atoms with E-state index in [0.29, 0.717) is 0 Å². The lowest BCUT2D eigenvalue weighted by Crippen LogP contribution is -2.36. The minimum Gasteiger partial charge on any atom is -0.329 e. The van der Waals surface area contributed by atoms with Crippen LogP contribution < -0.4 is 5.73 Å². The highest BCUT2D eigenvalue weighted by atomic mass is 15.2. The predicted molar refractivity (Wildman–Crippen MR) is 66.1 cm³/mol. The first-order valence-corrected chi connectivity index (χ1v) is 6.40. The minimum absolute atomic E-state index is 0.760. The van der Waals surface area contributed by atoms with Crippen LogP contribution in [0.1, 0.15) is 32.6 Å². The van der Waals surface area contributed by atoms with Gasteiger partial charge in [0.05, 0.1) is 0 Å². The fraction of sp³-hybridized carbons (Fsp3) is 1.00. The molecule has 0 saturated carbocycles. The quantitative estimate of drug-likeness (QED) is 0.743. The van der Waals surface area contributed by atoms with Crippen LogP contribution in [0.4, 0.5) is 0 Å². The molecule has 0 radical (unpaired) electrons. The summed E-state index contributed by atoms with van der Waals surface area (Å²) in [4.78, 5) is 5.05. The highest BCUT2D eigenvalue weighted by molar-refractivity contribution is 4.75. The van der Waals surface area contributed by atoms with Gasteiger partial charge >= 0.3 is 0 Å². The zero-order valence-corrected chi connectivity index (χ0v) is 10.4. The molecule has 1 atom stereocenters. The van der Waals surface area contributed by atoms with Crippen LogP contribution in [0, 0.1) is 0 Å². The van der Waals surface area contributed by atoms with Gasteiger partial charge in [-0.1, -0.05) is 6.92 Å². The van der Waals surface area contributed by atoms with Crippen LogP contribution in [0.2, 0.25) is 0 Å². The van der Waals surface area contributed by atoms with E-state index in [1.807, 2.05) is 0 Å². The number of hydrogen-bond acceptors (Lipinski definition) is 3. The van der Waals surface area contributed by atoms with Crippen molar-refractivity contribution < 1.29 is 0 Å². The van der Waals surface area contributed by atoms with Gasteiger partial charge in [0.1, 0.15) is 0 Å². The van der Waals surface area contributed by atoms with Crippen molar-refractivity contribution in [1.29, 1.82) is 0 Å². The minimum atomic E-state index is 0.760. The number of rotatable bonds is 5. The molecule has 90 valence electrons. The molecule has 0 bridgehead atoms. The number of likely N-dealkylation sites (N-methyl/N-ethyl adjacent to an activating group) is 1. The summed E-state index contributed by atoms with van der Waals surface area (Å²) in [7, 11) is 2.22. The number of nitrogens with zero attached hydrogens (tertiary/aromatic N) is 2. The first-order chi connectivity index (χ1) is 7.27. The lowest BCUT2D eigenvalue weighted by atomic mass is 10.1. The van der Waals surface area contributed by atoms with Gasteiger partial charge in [0, 0.05) is 19.1 Å². The van der Waals surface area contributed by atoms with Crippen molar-refractivity contribution in [1.82, 2.24) is 9.80 Å². The highest BCUT2D eigenvalue weighted by Crippen LogP contribution is 2.15. The summed E-state index contributed by atoms with van der Waals surface area (Å²) >= 11 is 0. The summed E-state index contributed by atoms with van der Waals surface area (Å²) in [6.45, 7) is 7.93. The van der Waals surface area contributed by atoms with Gasteiger partial charge in [-0.05, 0) is 52.4 Å². The van der Waals surface area contributed by atoms with E-state index >= 15 is 0 Å². The Morgan fingerprint density at radius 3 is 2.80 bits per heavy atom. The molecular formula is C12H27N3. The number of likely N-dealkylation sites (tertiary alicyclic amines) is 1. The smallest absolute Gasteiger partial charge is 0.0105 e. The molecule has 1 saturated heterocycles. The molecule has 1 aliphatic rings. The van der Waals surface area contributed by atoms with Crippen LogP contribution in [-0.2, 0) is 0 Å². The van der Waals surface area contributed by atoms with E-state index in [0.717, 1.165) is 19.1 Å². The maximum atomic E-state index is 5.60. The molecule has 0 aromatic carbocycles. The summed E-state index contributed by atoms with van der Waals surface area (Å²) in [6.07, 6.45) is 5.29. The van der Waals surface area contributed by atoms with Crippen molar-refractivity contribution in [2.75, 3.05) is 39.8 Å². The average Bonchev–Trinajstić information content (AvgIpc) is 2.44. The van der Waals surface area contributed by atoms with Gasteiger partial charge in [0.15, 0.2) is 0 Å². The van der Waals surface area contributed by atoms with Gasteiger partial charge in [-0.15, -0.1) is 0 Å². The zero-order valence-electron chi connectivity index (χ0n) is 10.4. The normalized spacial score (nSPS) is 24.4. The molecule has 1 unspecified atom stereocenters. The second kappa shape index (κ2) is 7.20. The van der Waals surface area contributed by atoms with Crippen LogP contribution in [0.15, 0.2) is 0 Å². The molecule has 1 rings (SSSR count). The molecule has 3 nitrogen and oxygen atoms in total. The Balaban J connectivity index is 2.31. The van der Waals surface area contributed by atoms with Crippen molar-refractivity contribution in [2.24, 2.45) is 5.73 Å².